The predicted octanol–water partition coefficient (Wildman–Crippen LogP) is 0.331. The van der Waals surface area contributed by atoms with E-state index in [9.17, 15) is 0 Å². The van der Waals surface area contributed by atoms with Gasteiger partial charge in [0.25, 0.3) is 0 Å². The third-order valence-corrected chi connectivity index (χ3v) is 2.31. The molecule has 0 unspecified atom stereocenters. The first-order valence-electron chi connectivity index (χ1n) is 5.10. The largest absolute Gasteiger partial charge is 0.369 e. The monoisotopic (exact) mass is 197 g/mol. The highest BCUT2D eigenvalue weighted by molar-refractivity contribution is 5.87. The van der Waals surface area contributed by atoms with Crippen molar-refractivity contribution in [2.45, 2.75) is 26.2 Å². The molecule has 0 amide bonds. The SMILES string of the molecule is CCCN1CCC(=NNC(=N)N)CC1. The fourth-order valence-electron chi connectivity index (χ4n) is 1.60. The molecule has 5 nitrogen and oxygen atoms in total. The predicted molar refractivity (Wildman–Crippen MR) is 58.4 cm³/mol. The van der Waals surface area contributed by atoms with E-state index in [1.807, 2.05) is 0 Å². The normalized spacial score (nSPS) is 17.9. The van der Waals surface area contributed by atoms with E-state index in [2.05, 4.69) is 22.4 Å². The number of guanidine groups is 1. The zero-order valence-corrected chi connectivity index (χ0v) is 8.71. The van der Waals surface area contributed by atoms with Gasteiger partial charge in [-0.3, -0.25) is 5.41 Å². The molecule has 0 radical (unpaired) electrons. The van der Waals surface area contributed by atoms with Crippen LogP contribution in [0.1, 0.15) is 26.2 Å². The van der Waals surface area contributed by atoms with Crippen molar-refractivity contribution in [3.8, 4) is 0 Å². The maximum absolute atomic E-state index is 6.97. The Kier molecular flexibility index (Phi) is 4.39. The first-order valence-corrected chi connectivity index (χ1v) is 5.10. The molecular formula is C9H19N5. The number of rotatable bonds is 3. The summed E-state index contributed by atoms with van der Waals surface area (Å²) in [5.74, 6) is -0.0894. The van der Waals surface area contributed by atoms with Crippen molar-refractivity contribution < 1.29 is 0 Å². The number of hydrogen-bond acceptors (Lipinski definition) is 3. The van der Waals surface area contributed by atoms with Crippen molar-refractivity contribution in [2.24, 2.45) is 10.8 Å². The Labute approximate surface area is 84.9 Å². The third kappa shape index (κ3) is 3.74. The van der Waals surface area contributed by atoms with Crippen molar-refractivity contribution in [2.75, 3.05) is 19.6 Å². The Morgan fingerprint density at radius 2 is 2.21 bits per heavy atom. The second kappa shape index (κ2) is 5.59. The van der Waals surface area contributed by atoms with Crippen LogP contribution in [-0.2, 0) is 0 Å². The molecule has 0 aromatic heterocycles. The average Bonchev–Trinajstić information content (AvgIpc) is 2.17. The van der Waals surface area contributed by atoms with Gasteiger partial charge in [-0.1, -0.05) is 6.92 Å². The van der Waals surface area contributed by atoms with E-state index in [1.54, 1.807) is 0 Å². The molecule has 1 rings (SSSR count). The van der Waals surface area contributed by atoms with E-state index < -0.39 is 0 Å². The second-order valence-corrected chi connectivity index (χ2v) is 3.55. The van der Waals surface area contributed by atoms with E-state index in [-0.39, 0.29) is 5.96 Å². The number of piperidine rings is 1. The van der Waals surface area contributed by atoms with Crippen molar-refractivity contribution in [1.82, 2.24) is 10.3 Å². The summed E-state index contributed by atoms with van der Waals surface area (Å²) in [7, 11) is 0. The van der Waals surface area contributed by atoms with E-state index in [1.165, 1.54) is 13.0 Å². The lowest BCUT2D eigenvalue weighted by atomic mass is 10.1. The Balaban J connectivity index is 2.28. The van der Waals surface area contributed by atoms with Crippen LogP contribution in [0.3, 0.4) is 0 Å². The molecular weight excluding hydrogens is 178 g/mol. The van der Waals surface area contributed by atoms with E-state index in [0.29, 0.717) is 0 Å². The van der Waals surface area contributed by atoms with Gasteiger partial charge in [0.05, 0.1) is 0 Å². The van der Waals surface area contributed by atoms with Gasteiger partial charge in [0, 0.05) is 31.6 Å². The molecule has 80 valence electrons. The van der Waals surface area contributed by atoms with Crippen molar-refractivity contribution in [3.05, 3.63) is 0 Å². The first kappa shape index (κ1) is 11.0. The highest BCUT2D eigenvalue weighted by atomic mass is 15.3. The summed E-state index contributed by atoms with van der Waals surface area (Å²) in [6.07, 6.45) is 3.18. The molecule has 4 N–H and O–H groups in total. The number of nitrogens with one attached hydrogen (secondary N) is 2. The molecule has 0 aliphatic carbocycles. The van der Waals surface area contributed by atoms with Crippen LogP contribution in [0.5, 0.6) is 0 Å². The number of nitrogens with two attached hydrogens (primary N) is 1. The number of hydrogen-bond donors (Lipinski definition) is 3. The van der Waals surface area contributed by atoms with Crippen molar-refractivity contribution in [1.29, 1.82) is 5.41 Å². The summed E-state index contributed by atoms with van der Waals surface area (Å²) < 4.78 is 0. The van der Waals surface area contributed by atoms with Gasteiger partial charge < -0.3 is 10.6 Å². The van der Waals surface area contributed by atoms with E-state index in [0.717, 1.165) is 31.6 Å². The van der Waals surface area contributed by atoms with Gasteiger partial charge >= 0.3 is 0 Å². The summed E-state index contributed by atoms with van der Waals surface area (Å²) >= 11 is 0. The van der Waals surface area contributed by atoms with Gasteiger partial charge in [-0.05, 0) is 13.0 Å². The maximum atomic E-state index is 6.97. The Bertz CT molecular complexity index is 213. The lowest BCUT2D eigenvalue weighted by molar-refractivity contribution is 0.275. The van der Waals surface area contributed by atoms with Crippen LogP contribution in [-0.4, -0.2) is 36.2 Å². The van der Waals surface area contributed by atoms with Crippen molar-refractivity contribution >= 4 is 11.7 Å². The maximum Gasteiger partial charge on any atom is 0.206 e. The molecule has 0 aromatic carbocycles. The highest BCUT2D eigenvalue weighted by Gasteiger charge is 2.13. The van der Waals surface area contributed by atoms with Gasteiger partial charge in [-0.25, -0.2) is 5.43 Å². The van der Waals surface area contributed by atoms with Crippen LogP contribution in [0.15, 0.2) is 5.10 Å². The Morgan fingerprint density at radius 3 is 2.71 bits per heavy atom. The number of likely N-dealkylation sites (tertiary alicyclic amines) is 1. The smallest absolute Gasteiger partial charge is 0.206 e. The minimum absolute atomic E-state index is 0.0894. The van der Waals surface area contributed by atoms with Crippen LogP contribution in [0.4, 0.5) is 0 Å². The molecule has 1 heterocycles. The zero-order valence-electron chi connectivity index (χ0n) is 8.71. The molecule has 0 saturated carbocycles. The lowest BCUT2D eigenvalue weighted by Crippen LogP contribution is -2.36. The van der Waals surface area contributed by atoms with Crippen molar-refractivity contribution in [3.63, 3.8) is 0 Å². The number of hydrazone groups is 1. The zero-order chi connectivity index (χ0) is 10.4. The average molecular weight is 197 g/mol. The van der Waals surface area contributed by atoms with Crippen LogP contribution in [0.2, 0.25) is 0 Å². The molecule has 5 heteroatoms. The quantitative estimate of drug-likeness (QED) is 0.346. The van der Waals surface area contributed by atoms with Crippen LogP contribution in [0, 0.1) is 5.41 Å². The molecule has 1 aliphatic rings. The van der Waals surface area contributed by atoms with Gasteiger partial charge in [-0.15, -0.1) is 0 Å². The van der Waals surface area contributed by atoms with Crippen LogP contribution in [0.25, 0.3) is 0 Å². The standard InChI is InChI=1S/C9H19N5/c1-2-5-14-6-3-8(4-7-14)12-13-9(10)11/h2-7H2,1H3,(H4,10,11,13). The molecule has 1 fully saturated rings. The minimum atomic E-state index is -0.0894. The number of nitrogens with zero attached hydrogens (tertiary/aromatic N) is 2. The van der Waals surface area contributed by atoms with E-state index >= 15 is 0 Å². The summed E-state index contributed by atoms with van der Waals surface area (Å²) in [5.41, 5.74) is 8.75. The highest BCUT2D eigenvalue weighted by Crippen LogP contribution is 2.06. The summed E-state index contributed by atoms with van der Waals surface area (Å²) in [5, 5.41) is 11.0. The first-order chi connectivity index (χ1) is 6.72. The van der Waals surface area contributed by atoms with Gasteiger partial charge in [0.1, 0.15) is 0 Å². The van der Waals surface area contributed by atoms with Gasteiger partial charge in [-0.2, -0.15) is 5.10 Å². The Morgan fingerprint density at radius 1 is 1.57 bits per heavy atom. The molecule has 0 atom stereocenters. The summed E-state index contributed by atoms with van der Waals surface area (Å²) in [6, 6.07) is 0. The third-order valence-electron chi connectivity index (χ3n) is 2.31. The molecule has 14 heavy (non-hydrogen) atoms. The fourth-order valence-corrected chi connectivity index (χ4v) is 1.60. The lowest BCUT2D eigenvalue weighted by Gasteiger charge is -2.26. The van der Waals surface area contributed by atoms with Crippen LogP contribution >= 0.6 is 0 Å². The Hall–Kier alpha value is -1.10. The molecule has 1 saturated heterocycles. The van der Waals surface area contributed by atoms with E-state index in [4.69, 9.17) is 11.1 Å². The molecule has 0 bridgehead atoms. The minimum Gasteiger partial charge on any atom is -0.369 e. The summed E-state index contributed by atoms with van der Waals surface area (Å²) in [6.45, 7) is 5.52. The van der Waals surface area contributed by atoms with Gasteiger partial charge in [0.2, 0.25) is 5.96 Å². The summed E-state index contributed by atoms with van der Waals surface area (Å²) in [4.78, 5) is 2.44. The van der Waals surface area contributed by atoms with Gasteiger partial charge in [0.15, 0.2) is 0 Å². The van der Waals surface area contributed by atoms with Crippen LogP contribution < -0.4 is 11.2 Å². The topological polar surface area (TPSA) is 77.5 Å². The molecule has 0 spiro atoms. The molecule has 1 aliphatic heterocycles. The second-order valence-electron chi connectivity index (χ2n) is 3.55. The molecule has 0 aromatic rings. The fraction of sp³-hybridized carbons (Fsp3) is 0.778.